The van der Waals surface area contributed by atoms with Crippen LogP contribution in [0.4, 0.5) is 5.69 Å². The first kappa shape index (κ1) is 11.6. The molecular formula is C13H16N2O2. The summed E-state index contributed by atoms with van der Waals surface area (Å²) in [6.45, 7) is 2.58. The number of carbonyl (C=O) groups excluding carboxylic acids is 2. The fraction of sp³-hybridized carbons (Fsp3) is 0.385. The molecule has 1 aromatic carbocycles. The molecular weight excluding hydrogens is 216 g/mol. The lowest BCUT2D eigenvalue weighted by Gasteiger charge is -2.27. The number of fused-ring (bicyclic) bond motifs is 1. The van der Waals surface area contributed by atoms with Crippen LogP contribution in [-0.2, 0) is 9.59 Å². The maximum absolute atomic E-state index is 12.2. The summed E-state index contributed by atoms with van der Waals surface area (Å²) in [5, 5.41) is 2.79. The molecule has 0 radical (unpaired) electrons. The predicted octanol–water partition coefficient (Wildman–Crippen LogP) is 1.59. The average Bonchev–Trinajstić information content (AvgIpc) is 2.35. The van der Waals surface area contributed by atoms with Gasteiger partial charge < -0.3 is 10.2 Å². The third-order valence-corrected chi connectivity index (χ3v) is 3.15. The van der Waals surface area contributed by atoms with E-state index in [9.17, 15) is 9.59 Å². The first-order chi connectivity index (χ1) is 8.13. The number of rotatable bonds is 2. The van der Waals surface area contributed by atoms with Crippen molar-refractivity contribution in [3.05, 3.63) is 29.8 Å². The molecule has 17 heavy (non-hydrogen) atoms. The monoisotopic (exact) mass is 232 g/mol. The van der Waals surface area contributed by atoms with Gasteiger partial charge >= 0.3 is 0 Å². The first-order valence-corrected chi connectivity index (χ1v) is 5.77. The Hall–Kier alpha value is -1.84. The van der Waals surface area contributed by atoms with Crippen molar-refractivity contribution in [1.82, 2.24) is 4.90 Å². The van der Waals surface area contributed by atoms with Crippen LogP contribution in [0.5, 0.6) is 0 Å². The van der Waals surface area contributed by atoms with Crippen molar-refractivity contribution in [3.63, 3.8) is 0 Å². The van der Waals surface area contributed by atoms with Gasteiger partial charge in [0.25, 0.3) is 0 Å². The maximum atomic E-state index is 12.2. The third-order valence-electron chi connectivity index (χ3n) is 3.15. The highest BCUT2D eigenvalue weighted by Gasteiger charge is 2.31. The van der Waals surface area contributed by atoms with Gasteiger partial charge in [-0.2, -0.15) is 0 Å². The van der Waals surface area contributed by atoms with Crippen LogP contribution in [0.15, 0.2) is 24.3 Å². The predicted molar refractivity (Wildman–Crippen MR) is 65.7 cm³/mol. The molecule has 4 nitrogen and oxygen atoms in total. The van der Waals surface area contributed by atoms with Crippen LogP contribution < -0.4 is 5.32 Å². The Bertz CT molecular complexity index is 456. The number of para-hydroxylation sites is 1. The molecule has 2 rings (SSSR count). The number of nitrogens with zero attached hydrogens (tertiary/aromatic N) is 1. The normalized spacial score (nSPS) is 18.2. The number of amides is 2. The molecule has 0 saturated heterocycles. The quantitative estimate of drug-likeness (QED) is 0.841. The van der Waals surface area contributed by atoms with Gasteiger partial charge in [-0.3, -0.25) is 9.59 Å². The average molecular weight is 232 g/mol. The molecule has 1 atom stereocenters. The summed E-state index contributed by atoms with van der Waals surface area (Å²) >= 11 is 0. The lowest BCUT2D eigenvalue weighted by molar-refractivity contribution is -0.133. The zero-order chi connectivity index (χ0) is 12.4. The molecule has 1 N–H and O–H groups in total. The first-order valence-electron chi connectivity index (χ1n) is 5.77. The van der Waals surface area contributed by atoms with Gasteiger partial charge in [0, 0.05) is 25.7 Å². The van der Waals surface area contributed by atoms with Crippen LogP contribution in [0.2, 0.25) is 0 Å². The SMILES string of the molecule is CCN(C)C(=O)C1CC(=O)Nc2ccccc21. The highest BCUT2D eigenvalue weighted by Crippen LogP contribution is 2.32. The van der Waals surface area contributed by atoms with Crippen molar-refractivity contribution in [2.75, 3.05) is 18.9 Å². The zero-order valence-electron chi connectivity index (χ0n) is 10.1. The number of hydrogen-bond donors (Lipinski definition) is 1. The van der Waals surface area contributed by atoms with Crippen LogP contribution in [0.3, 0.4) is 0 Å². The Balaban J connectivity index is 2.36. The summed E-state index contributed by atoms with van der Waals surface area (Å²) in [7, 11) is 1.76. The van der Waals surface area contributed by atoms with Crippen molar-refractivity contribution >= 4 is 17.5 Å². The van der Waals surface area contributed by atoms with E-state index in [0.717, 1.165) is 11.3 Å². The Labute approximate surface area is 101 Å². The fourth-order valence-electron chi connectivity index (χ4n) is 2.05. The summed E-state index contributed by atoms with van der Waals surface area (Å²) in [5.41, 5.74) is 1.67. The van der Waals surface area contributed by atoms with Crippen LogP contribution in [0, 0.1) is 0 Å². The van der Waals surface area contributed by atoms with Crippen LogP contribution in [0.1, 0.15) is 24.8 Å². The van der Waals surface area contributed by atoms with Crippen molar-refractivity contribution in [1.29, 1.82) is 0 Å². The maximum Gasteiger partial charge on any atom is 0.230 e. The van der Waals surface area contributed by atoms with E-state index in [1.54, 1.807) is 11.9 Å². The number of anilines is 1. The van der Waals surface area contributed by atoms with Gasteiger partial charge in [0.1, 0.15) is 0 Å². The van der Waals surface area contributed by atoms with Gasteiger partial charge in [0.2, 0.25) is 11.8 Å². The highest BCUT2D eigenvalue weighted by atomic mass is 16.2. The van der Waals surface area contributed by atoms with E-state index in [4.69, 9.17) is 0 Å². The number of benzene rings is 1. The van der Waals surface area contributed by atoms with Crippen LogP contribution in [-0.4, -0.2) is 30.3 Å². The Morgan fingerprint density at radius 1 is 1.47 bits per heavy atom. The largest absolute Gasteiger partial charge is 0.345 e. The van der Waals surface area contributed by atoms with E-state index in [2.05, 4.69) is 5.32 Å². The molecule has 1 aliphatic rings. The lowest BCUT2D eigenvalue weighted by atomic mass is 9.89. The molecule has 1 aromatic rings. The van der Waals surface area contributed by atoms with Crippen molar-refractivity contribution in [2.24, 2.45) is 0 Å². The number of hydrogen-bond acceptors (Lipinski definition) is 2. The molecule has 0 fully saturated rings. The van der Waals surface area contributed by atoms with Gasteiger partial charge in [0.05, 0.1) is 5.92 Å². The molecule has 0 aliphatic carbocycles. The second-order valence-electron chi connectivity index (χ2n) is 4.24. The van der Waals surface area contributed by atoms with Gasteiger partial charge in [-0.25, -0.2) is 0 Å². The Morgan fingerprint density at radius 3 is 2.88 bits per heavy atom. The molecule has 0 saturated carbocycles. The van der Waals surface area contributed by atoms with Crippen molar-refractivity contribution < 1.29 is 9.59 Å². The van der Waals surface area contributed by atoms with Crippen LogP contribution in [0.25, 0.3) is 0 Å². The second-order valence-corrected chi connectivity index (χ2v) is 4.24. The van der Waals surface area contributed by atoms with Crippen molar-refractivity contribution in [2.45, 2.75) is 19.3 Å². The summed E-state index contributed by atoms with van der Waals surface area (Å²) < 4.78 is 0. The van der Waals surface area contributed by atoms with E-state index in [0.29, 0.717) is 6.54 Å². The minimum Gasteiger partial charge on any atom is -0.345 e. The van der Waals surface area contributed by atoms with Gasteiger partial charge in [0.15, 0.2) is 0 Å². The van der Waals surface area contributed by atoms with Gasteiger partial charge in [-0.05, 0) is 18.6 Å². The summed E-state index contributed by atoms with van der Waals surface area (Å²) in [6.07, 6.45) is 0.236. The third kappa shape index (κ3) is 2.16. The molecule has 0 spiro atoms. The minimum absolute atomic E-state index is 0.00907. The van der Waals surface area contributed by atoms with E-state index < -0.39 is 0 Å². The van der Waals surface area contributed by atoms with Crippen LogP contribution >= 0.6 is 0 Å². The Kier molecular flexibility index (Phi) is 3.13. The van der Waals surface area contributed by atoms with E-state index in [1.165, 1.54) is 0 Å². The standard InChI is InChI=1S/C13H16N2O2/c1-3-15(2)13(17)10-8-12(16)14-11-7-5-4-6-9(10)11/h4-7,10H,3,8H2,1-2H3,(H,14,16). The van der Waals surface area contributed by atoms with E-state index in [-0.39, 0.29) is 24.2 Å². The molecule has 90 valence electrons. The van der Waals surface area contributed by atoms with E-state index in [1.807, 2.05) is 31.2 Å². The summed E-state index contributed by atoms with van der Waals surface area (Å²) in [5.74, 6) is -0.425. The summed E-state index contributed by atoms with van der Waals surface area (Å²) in [6, 6.07) is 7.48. The van der Waals surface area contributed by atoms with E-state index >= 15 is 0 Å². The molecule has 0 aromatic heterocycles. The lowest BCUT2D eigenvalue weighted by Crippen LogP contribution is -2.36. The number of nitrogens with one attached hydrogen (secondary N) is 1. The molecule has 4 heteroatoms. The number of carbonyl (C=O) groups is 2. The molecule has 1 heterocycles. The zero-order valence-corrected chi connectivity index (χ0v) is 10.1. The molecule has 0 bridgehead atoms. The highest BCUT2D eigenvalue weighted by molar-refractivity contribution is 6.01. The van der Waals surface area contributed by atoms with Crippen molar-refractivity contribution in [3.8, 4) is 0 Å². The molecule has 2 amide bonds. The Morgan fingerprint density at radius 2 is 2.18 bits per heavy atom. The topological polar surface area (TPSA) is 49.4 Å². The molecule has 1 aliphatic heterocycles. The number of likely N-dealkylation sites (N-methyl/N-ethyl adjacent to an activating group) is 1. The smallest absolute Gasteiger partial charge is 0.230 e. The van der Waals surface area contributed by atoms with Gasteiger partial charge in [-0.15, -0.1) is 0 Å². The second kappa shape index (κ2) is 4.57. The minimum atomic E-state index is -0.343. The fourth-order valence-corrected chi connectivity index (χ4v) is 2.05. The molecule has 1 unspecified atom stereocenters. The van der Waals surface area contributed by atoms with Gasteiger partial charge in [-0.1, -0.05) is 18.2 Å². The summed E-state index contributed by atoms with van der Waals surface area (Å²) in [4.78, 5) is 25.4.